The Morgan fingerprint density at radius 3 is 2.60 bits per heavy atom. The first-order valence-electron chi connectivity index (χ1n) is 5.94. The van der Waals surface area contributed by atoms with E-state index in [9.17, 15) is 0 Å². The molecule has 0 saturated heterocycles. The summed E-state index contributed by atoms with van der Waals surface area (Å²) in [5.41, 5.74) is 5.66. The summed E-state index contributed by atoms with van der Waals surface area (Å²) < 4.78 is 11.0. The summed E-state index contributed by atoms with van der Waals surface area (Å²) in [4.78, 5) is 8.01. The Hall–Kier alpha value is -2.83. The smallest absolute Gasteiger partial charge is 0.238 e. The van der Waals surface area contributed by atoms with E-state index >= 15 is 0 Å². The Morgan fingerprint density at radius 1 is 1.25 bits per heavy atom. The molecule has 1 aromatic carbocycles. The Morgan fingerprint density at radius 2 is 2.00 bits per heavy atom. The third-order valence-electron chi connectivity index (χ3n) is 2.36. The second kappa shape index (κ2) is 6.37. The summed E-state index contributed by atoms with van der Waals surface area (Å²) in [7, 11) is 0. The van der Waals surface area contributed by atoms with Gasteiger partial charge < -0.3 is 20.4 Å². The molecule has 104 valence electrons. The molecule has 0 saturated carbocycles. The van der Waals surface area contributed by atoms with Crippen molar-refractivity contribution in [3.8, 4) is 17.4 Å². The average Bonchev–Trinajstić information content (AvgIpc) is 2.49. The Labute approximate surface area is 115 Å². The van der Waals surface area contributed by atoms with Gasteiger partial charge in [-0.2, -0.15) is 0 Å². The van der Waals surface area contributed by atoms with Crippen molar-refractivity contribution < 1.29 is 14.7 Å². The van der Waals surface area contributed by atoms with Crippen LogP contribution in [0.3, 0.4) is 0 Å². The van der Waals surface area contributed by atoms with Crippen LogP contribution in [0, 0.1) is 0 Å². The quantitative estimate of drug-likeness (QED) is 0.373. The van der Waals surface area contributed by atoms with Crippen LogP contribution in [0.2, 0.25) is 0 Å². The molecule has 1 aromatic heterocycles. The number of nitrogens with zero attached hydrogens (tertiary/aromatic N) is 3. The molecule has 0 fully saturated rings. The van der Waals surface area contributed by atoms with Crippen LogP contribution in [0.1, 0.15) is 12.6 Å². The lowest BCUT2D eigenvalue weighted by atomic mass is 10.3. The summed E-state index contributed by atoms with van der Waals surface area (Å²) >= 11 is 0. The van der Waals surface area contributed by atoms with Crippen LogP contribution in [-0.4, -0.2) is 27.6 Å². The fourth-order valence-electron chi connectivity index (χ4n) is 1.47. The molecule has 7 heteroatoms. The first-order chi connectivity index (χ1) is 9.74. The molecule has 0 aliphatic heterocycles. The van der Waals surface area contributed by atoms with Crippen molar-refractivity contribution in [2.24, 2.45) is 10.9 Å². The van der Waals surface area contributed by atoms with Crippen LogP contribution in [0.5, 0.6) is 17.4 Å². The van der Waals surface area contributed by atoms with Crippen LogP contribution in [-0.2, 0) is 0 Å². The van der Waals surface area contributed by atoms with Gasteiger partial charge in [-0.1, -0.05) is 17.3 Å². The maximum absolute atomic E-state index is 8.54. The fraction of sp³-hybridized carbons (Fsp3) is 0.154. The number of rotatable bonds is 5. The molecular formula is C13H14N4O3. The van der Waals surface area contributed by atoms with Crippen molar-refractivity contribution >= 4 is 5.84 Å². The number of hydrogen-bond donors (Lipinski definition) is 2. The van der Waals surface area contributed by atoms with Crippen molar-refractivity contribution in [2.75, 3.05) is 6.61 Å². The lowest BCUT2D eigenvalue weighted by molar-refractivity contribution is 0.318. The number of oxime groups is 1. The molecule has 20 heavy (non-hydrogen) atoms. The molecular weight excluding hydrogens is 260 g/mol. The zero-order chi connectivity index (χ0) is 14.4. The van der Waals surface area contributed by atoms with Crippen LogP contribution < -0.4 is 15.2 Å². The summed E-state index contributed by atoms with van der Waals surface area (Å²) in [5, 5.41) is 11.4. The number of benzene rings is 1. The number of aromatic nitrogens is 2. The van der Waals surface area contributed by atoms with E-state index in [0.717, 1.165) is 0 Å². The highest BCUT2D eigenvalue weighted by Crippen LogP contribution is 2.29. The molecule has 0 aliphatic carbocycles. The monoisotopic (exact) mass is 274 g/mol. The van der Waals surface area contributed by atoms with Gasteiger partial charge in [-0.15, -0.1) is 0 Å². The summed E-state index contributed by atoms with van der Waals surface area (Å²) in [6.45, 7) is 2.43. The van der Waals surface area contributed by atoms with Gasteiger partial charge in [0, 0.05) is 0 Å². The third-order valence-corrected chi connectivity index (χ3v) is 2.36. The van der Waals surface area contributed by atoms with Gasteiger partial charge in [0.1, 0.15) is 5.69 Å². The van der Waals surface area contributed by atoms with Crippen molar-refractivity contribution in [3.05, 3.63) is 42.4 Å². The summed E-state index contributed by atoms with van der Waals surface area (Å²) in [6.07, 6.45) is 2.74. The van der Waals surface area contributed by atoms with Gasteiger partial charge in [0.15, 0.2) is 17.3 Å². The van der Waals surface area contributed by atoms with Gasteiger partial charge in [0.25, 0.3) is 0 Å². The van der Waals surface area contributed by atoms with E-state index in [2.05, 4.69) is 15.1 Å². The van der Waals surface area contributed by atoms with Crippen LogP contribution in [0.4, 0.5) is 0 Å². The van der Waals surface area contributed by atoms with E-state index in [0.29, 0.717) is 18.1 Å². The average molecular weight is 274 g/mol. The van der Waals surface area contributed by atoms with Gasteiger partial charge in [-0.05, 0) is 19.1 Å². The molecule has 0 amide bonds. The zero-order valence-corrected chi connectivity index (χ0v) is 10.9. The highest BCUT2D eigenvalue weighted by atomic mass is 16.5. The first kappa shape index (κ1) is 13.6. The van der Waals surface area contributed by atoms with Gasteiger partial charge in [0.2, 0.25) is 5.88 Å². The van der Waals surface area contributed by atoms with Crippen LogP contribution in [0.15, 0.2) is 41.8 Å². The molecule has 3 N–H and O–H groups in total. The highest BCUT2D eigenvalue weighted by Gasteiger charge is 2.07. The topological polar surface area (TPSA) is 103 Å². The van der Waals surface area contributed by atoms with Crippen LogP contribution in [0.25, 0.3) is 0 Å². The second-order valence-electron chi connectivity index (χ2n) is 3.71. The molecule has 7 nitrogen and oxygen atoms in total. The fourth-order valence-corrected chi connectivity index (χ4v) is 1.47. The van der Waals surface area contributed by atoms with Gasteiger partial charge in [-0.25, -0.2) is 9.97 Å². The molecule has 0 bridgehead atoms. The molecule has 0 atom stereocenters. The molecule has 1 heterocycles. The van der Waals surface area contributed by atoms with Crippen molar-refractivity contribution in [1.82, 2.24) is 9.97 Å². The maximum atomic E-state index is 8.54. The number of nitrogens with two attached hydrogens (primary N) is 1. The molecule has 2 aromatic rings. The van der Waals surface area contributed by atoms with E-state index in [1.807, 2.05) is 19.1 Å². The SMILES string of the molecule is CCOc1ccccc1Oc1cnc(C(N)=NO)cn1. The molecule has 0 aliphatic rings. The Balaban J connectivity index is 2.18. The van der Waals surface area contributed by atoms with E-state index < -0.39 is 0 Å². The second-order valence-corrected chi connectivity index (χ2v) is 3.71. The van der Waals surface area contributed by atoms with Gasteiger partial charge in [-0.3, -0.25) is 0 Å². The minimum Gasteiger partial charge on any atom is -0.490 e. The predicted molar refractivity (Wildman–Crippen MR) is 72.2 cm³/mol. The Bertz CT molecular complexity index is 599. The van der Waals surface area contributed by atoms with Crippen molar-refractivity contribution in [2.45, 2.75) is 6.92 Å². The van der Waals surface area contributed by atoms with E-state index in [-0.39, 0.29) is 17.4 Å². The van der Waals surface area contributed by atoms with Crippen LogP contribution >= 0.6 is 0 Å². The summed E-state index contributed by atoms with van der Waals surface area (Å²) in [6, 6.07) is 7.25. The zero-order valence-electron chi connectivity index (χ0n) is 10.9. The lowest BCUT2D eigenvalue weighted by Gasteiger charge is -2.10. The minimum atomic E-state index is -0.112. The van der Waals surface area contributed by atoms with Crippen molar-refractivity contribution in [1.29, 1.82) is 0 Å². The third kappa shape index (κ3) is 3.14. The van der Waals surface area contributed by atoms with Crippen molar-refractivity contribution in [3.63, 3.8) is 0 Å². The summed E-state index contributed by atoms with van der Waals surface area (Å²) in [5.74, 6) is 1.34. The number of ether oxygens (including phenoxy) is 2. The number of para-hydroxylation sites is 2. The molecule has 0 spiro atoms. The normalized spacial score (nSPS) is 11.2. The standard InChI is InChI=1S/C13H14N4O3/c1-2-19-10-5-3-4-6-11(10)20-12-8-15-9(7-16-12)13(14)17-18/h3-8,18H,2H2,1H3,(H2,14,17). The number of hydrogen-bond acceptors (Lipinski definition) is 6. The first-order valence-corrected chi connectivity index (χ1v) is 5.94. The highest BCUT2D eigenvalue weighted by molar-refractivity contribution is 5.94. The van der Waals surface area contributed by atoms with E-state index in [1.54, 1.807) is 12.1 Å². The maximum Gasteiger partial charge on any atom is 0.238 e. The Kier molecular flexibility index (Phi) is 4.33. The molecule has 0 unspecified atom stereocenters. The number of amidine groups is 1. The van der Waals surface area contributed by atoms with Gasteiger partial charge in [0.05, 0.1) is 19.0 Å². The predicted octanol–water partition coefficient (Wildman–Crippen LogP) is 1.76. The minimum absolute atomic E-state index is 0.112. The van der Waals surface area contributed by atoms with Gasteiger partial charge >= 0.3 is 0 Å². The lowest BCUT2D eigenvalue weighted by Crippen LogP contribution is -2.15. The molecule has 2 rings (SSSR count). The molecule has 0 radical (unpaired) electrons. The van der Waals surface area contributed by atoms with E-state index in [1.165, 1.54) is 12.4 Å². The van der Waals surface area contributed by atoms with E-state index in [4.69, 9.17) is 20.4 Å². The largest absolute Gasteiger partial charge is 0.490 e.